The zero-order chi connectivity index (χ0) is 31.8. The van der Waals surface area contributed by atoms with Gasteiger partial charge in [0.1, 0.15) is 11.9 Å². The van der Waals surface area contributed by atoms with Crippen molar-refractivity contribution in [2.45, 2.75) is 57.9 Å². The number of alkyl halides is 3. The van der Waals surface area contributed by atoms with Gasteiger partial charge in [-0.2, -0.15) is 23.1 Å². The molecule has 2 aliphatic heterocycles. The second-order valence-corrected chi connectivity index (χ2v) is 12.6. The van der Waals surface area contributed by atoms with Crippen LogP contribution in [0.3, 0.4) is 0 Å². The Hall–Kier alpha value is -3.85. The van der Waals surface area contributed by atoms with E-state index in [0.29, 0.717) is 56.4 Å². The third-order valence-electron chi connectivity index (χ3n) is 8.98. The maximum Gasteiger partial charge on any atom is 0.416 e. The van der Waals surface area contributed by atoms with E-state index in [4.69, 9.17) is 21.3 Å². The molecule has 1 unspecified atom stereocenters. The molecule has 1 aromatic carbocycles. The van der Waals surface area contributed by atoms with Crippen molar-refractivity contribution in [1.29, 1.82) is 0 Å². The molecule has 0 spiro atoms. The molecular weight excluding hydrogens is 571 g/mol. The van der Waals surface area contributed by atoms with Crippen molar-refractivity contribution >= 4 is 17.4 Å². The van der Waals surface area contributed by atoms with Crippen LogP contribution in [0.15, 0.2) is 30.9 Å². The molecule has 2 fully saturated rings. The number of piperazine rings is 1. The number of anilines is 2. The number of hydrogen-bond donors (Lipinski definition) is 0. The van der Waals surface area contributed by atoms with Crippen LogP contribution in [0.2, 0.25) is 0 Å². The molecule has 1 amide bonds. The predicted molar refractivity (Wildman–Crippen MR) is 163 cm³/mol. The fourth-order valence-electron chi connectivity index (χ4n) is 6.58. The number of carbonyl (C=O) groups is 1. The van der Waals surface area contributed by atoms with Gasteiger partial charge in [0.15, 0.2) is 0 Å². The van der Waals surface area contributed by atoms with Gasteiger partial charge in [0, 0.05) is 48.9 Å². The Morgan fingerprint density at radius 1 is 1.27 bits per heavy atom. The number of aromatic nitrogens is 2. The van der Waals surface area contributed by atoms with Crippen molar-refractivity contribution in [2.24, 2.45) is 5.41 Å². The minimum absolute atomic E-state index is 0.0516. The average molecular weight is 612 g/mol. The number of nitrogens with zero attached hydrogens (tertiary/aromatic N) is 7. The first-order valence-electron chi connectivity index (χ1n) is 15.0. The van der Waals surface area contributed by atoms with E-state index in [1.165, 1.54) is 19.1 Å². The molecule has 2 atom stereocenters. The van der Waals surface area contributed by atoms with Crippen LogP contribution in [-0.4, -0.2) is 91.2 Å². The number of hydrogen-bond acceptors (Lipinski definition) is 7. The Morgan fingerprint density at radius 2 is 2.02 bits per heavy atom. The van der Waals surface area contributed by atoms with Crippen LogP contribution < -0.4 is 14.5 Å². The van der Waals surface area contributed by atoms with E-state index in [9.17, 15) is 18.0 Å². The van der Waals surface area contributed by atoms with Gasteiger partial charge in [-0.05, 0) is 71.0 Å². The van der Waals surface area contributed by atoms with Gasteiger partial charge < -0.3 is 29.2 Å². The monoisotopic (exact) mass is 611 g/mol. The Balaban J connectivity index is 1.51. The van der Waals surface area contributed by atoms with Crippen molar-refractivity contribution in [3.8, 4) is 6.01 Å². The second kappa shape index (κ2) is 12.3. The van der Waals surface area contributed by atoms with E-state index in [1.807, 2.05) is 25.9 Å². The van der Waals surface area contributed by atoms with E-state index in [2.05, 4.69) is 21.2 Å². The van der Waals surface area contributed by atoms with Crippen LogP contribution in [0.25, 0.3) is 4.85 Å². The van der Waals surface area contributed by atoms with Gasteiger partial charge in [-0.1, -0.05) is 12.6 Å². The lowest BCUT2D eigenvalue weighted by molar-refractivity contribution is -0.138. The number of halogens is 3. The zero-order valence-electron chi connectivity index (χ0n) is 25.8. The number of carbonyl (C=O) groups excluding carboxylic acids is 1. The van der Waals surface area contributed by atoms with E-state index in [-0.39, 0.29) is 41.5 Å². The normalized spacial score (nSPS) is 21.1. The number of ether oxygens (including phenoxy) is 1. The summed E-state index contributed by atoms with van der Waals surface area (Å²) in [5.41, 5.74) is 1.75. The molecule has 236 valence electrons. The van der Waals surface area contributed by atoms with Crippen LogP contribution in [0.4, 0.5) is 24.7 Å². The van der Waals surface area contributed by atoms with Crippen molar-refractivity contribution in [2.75, 3.05) is 63.2 Å². The molecule has 1 aromatic heterocycles. The lowest BCUT2D eigenvalue weighted by Crippen LogP contribution is -2.56. The van der Waals surface area contributed by atoms with Gasteiger partial charge in [0.05, 0.1) is 24.4 Å². The topological polar surface area (TPSA) is 69.4 Å². The first kappa shape index (κ1) is 31.6. The van der Waals surface area contributed by atoms with Crippen molar-refractivity contribution in [3.05, 3.63) is 64.7 Å². The number of fused-ring (bicyclic) bond motifs is 1. The molecular formula is C32H40F3N7O2. The van der Waals surface area contributed by atoms with Crippen LogP contribution in [0, 0.1) is 18.9 Å². The summed E-state index contributed by atoms with van der Waals surface area (Å²) in [6.45, 7) is 17.7. The summed E-state index contributed by atoms with van der Waals surface area (Å²) in [6, 6.07) is 4.08. The molecule has 12 heteroatoms. The van der Waals surface area contributed by atoms with Gasteiger partial charge in [0.25, 0.3) is 0 Å². The van der Waals surface area contributed by atoms with Crippen molar-refractivity contribution < 1.29 is 22.7 Å². The average Bonchev–Trinajstić information content (AvgIpc) is 3.73. The first-order valence-corrected chi connectivity index (χ1v) is 15.0. The highest BCUT2D eigenvalue weighted by atomic mass is 19.4. The third kappa shape index (κ3) is 6.48. The first-order chi connectivity index (χ1) is 20.9. The molecule has 0 bridgehead atoms. The second-order valence-electron chi connectivity index (χ2n) is 12.6. The fraction of sp³-hybridized carbons (Fsp3) is 0.562. The molecule has 44 heavy (non-hydrogen) atoms. The molecule has 1 saturated heterocycles. The molecule has 0 N–H and O–H groups in total. The molecule has 3 heterocycles. The largest absolute Gasteiger partial charge is 0.463 e. The maximum atomic E-state index is 13.8. The minimum Gasteiger partial charge on any atom is -0.463 e. The molecule has 5 rings (SSSR count). The van der Waals surface area contributed by atoms with Gasteiger partial charge >= 0.3 is 12.2 Å². The molecule has 3 aliphatic rings. The third-order valence-corrected chi connectivity index (χ3v) is 8.98. The van der Waals surface area contributed by atoms with Gasteiger partial charge in [0.2, 0.25) is 12.5 Å². The fourth-order valence-corrected chi connectivity index (χ4v) is 6.58. The van der Waals surface area contributed by atoms with Gasteiger partial charge in [-0.3, -0.25) is 4.79 Å². The summed E-state index contributed by atoms with van der Waals surface area (Å²) in [5.74, 6) is 0.499. The van der Waals surface area contributed by atoms with E-state index in [0.717, 1.165) is 31.0 Å². The number of amides is 1. The highest BCUT2D eigenvalue weighted by Gasteiger charge is 2.44. The summed E-state index contributed by atoms with van der Waals surface area (Å²) >= 11 is 0. The van der Waals surface area contributed by atoms with Gasteiger partial charge in [-0.25, -0.2) is 6.57 Å². The Labute approximate surface area is 257 Å². The van der Waals surface area contributed by atoms with Crippen LogP contribution >= 0.6 is 0 Å². The van der Waals surface area contributed by atoms with Crippen molar-refractivity contribution in [1.82, 2.24) is 19.8 Å². The standard InChI is InChI=1S/C32H40F3N7O2/c1-7-28(43)41-14-13-40(17-23(41)16-36-4)29-24-15-21(2)42(27-10-8-9-25(22(27)3)32(33,34)35)18-26(24)37-30(38-29)44-20-31(11-12-31)19-39(5)6/h7-10,21,23H,1,11-20H2,2-3,5-6H3/t21?,23-/m0/s1. The van der Waals surface area contributed by atoms with Gasteiger partial charge in [-0.15, -0.1) is 0 Å². The SMILES string of the molecule is [C-]#[N+]C[C@H]1CN(c2nc(OCC3(CN(C)C)CC3)nc3c2CC(C)N(c2cccc(C(F)(F)F)c2C)C3)CCN1C(=O)C=C. The summed E-state index contributed by atoms with van der Waals surface area (Å²) in [4.78, 5) is 33.8. The summed E-state index contributed by atoms with van der Waals surface area (Å²) in [5, 5.41) is 0. The van der Waals surface area contributed by atoms with E-state index < -0.39 is 11.7 Å². The summed E-state index contributed by atoms with van der Waals surface area (Å²) in [6.07, 6.45) is -0.542. The highest BCUT2D eigenvalue weighted by Crippen LogP contribution is 2.46. The smallest absolute Gasteiger partial charge is 0.416 e. The van der Waals surface area contributed by atoms with Crippen LogP contribution in [-0.2, 0) is 23.9 Å². The molecule has 1 saturated carbocycles. The Bertz CT molecular complexity index is 1450. The zero-order valence-corrected chi connectivity index (χ0v) is 25.8. The quantitative estimate of drug-likeness (QED) is 0.303. The molecule has 0 radical (unpaired) electrons. The number of benzene rings is 1. The molecule has 2 aromatic rings. The Morgan fingerprint density at radius 3 is 2.66 bits per heavy atom. The Kier molecular flexibility index (Phi) is 8.80. The van der Waals surface area contributed by atoms with Crippen molar-refractivity contribution in [3.63, 3.8) is 0 Å². The lowest BCUT2D eigenvalue weighted by atomic mass is 9.95. The lowest BCUT2D eigenvalue weighted by Gasteiger charge is -2.42. The minimum atomic E-state index is -4.45. The summed E-state index contributed by atoms with van der Waals surface area (Å²) < 4.78 is 47.6. The molecule has 9 nitrogen and oxygen atoms in total. The highest BCUT2D eigenvalue weighted by molar-refractivity contribution is 5.87. The maximum absolute atomic E-state index is 13.8. The number of rotatable bonds is 9. The van der Waals surface area contributed by atoms with Crippen LogP contribution in [0.5, 0.6) is 6.01 Å². The summed E-state index contributed by atoms with van der Waals surface area (Å²) in [7, 11) is 4.07. The molecule has 1 aliphatic carbocycles. The predicted octanol–water partition coefficient (Wildman–Crippen LogP) is 4.60. The van der Waals surface area contributed by atoms with E-state index in [1.54, 1.807) is 11.0 Å². The van der Waals surface area contributed by atoms with Crippen LogP contribution in [0.1, 0.15) is 42.1 Å². The van der Waals surface area contributed by atoms with E-state index >= 15 is 0 Å².